The molecule has 0 aromatic carbocycles. The van der Waals surface area contributed by atoms with Crippen LogP contribution in [0.15, 0.2) is 0 Å². The molecule has 0 heterocycles. The van der Waals surface area contributed by atoms with E-state index in [9.17, 15) is 26.4 Å². The number of carboxylic acids is 1. The number of halogens is 3. The zero-order valence-corrected chi connectivity index (χ0v) is 8.18. The van der Waals surface area contributed by atoms with Crippen molar-refractivity contribution in [3.63, 3.8) is 0 Å². The second-order valence-corrected chi connectivity index (χ2v) is 5.00. The first-order chi connectivity index (χ1) is 6.66. The number of aliphatic carboxylic acids is 1. The summed E-state index contributed by atoms with van der Waals surface area (Å²) in [5, 5.41) is 8.32. The number of hydrogen-bond acceptors (Lipinski definition) is 3. The third-order valence-electron chi connectivity index (χ3n) is 1.85. The van der Waals surface area contributed by atoms with Gasteiger partial charge in [-0.15, -0.1) is 0 Å². The summed E-state index contributed by atoms with van der Waals surface area (Å²) < 4.78 is 58.1. The summed E-state index contributed by atoms with van der Waals surface area (Å²) in [7, 11) is -5.52. The predicted molar refractivity (Wildman–Crippen MR) is 42.3 cm³/mol. The van der Waals surface area contributed by atoms with Gasteiger partial charge in [0.25, 0.3) is 0 Å². The van der Waals surface area contributed by atoms with E-state index in [4.69, 9.17) is 5.11 Å². The van der Waals surface area contributed by atoms with Gasteiger partial charge in [-0.3, -0.25) is 4.79 Å². The summed E-state index contributed by atoms with van der Waals surface area (Å²) in [5.74, 6) is -1.60. The van der Waals surface area contributed by atoms with Crippen molar-refractivity contribution in [2.75, 3.05) is 6.54 Å². The molecule has 0 saturated heterocycles. The van der Waals surface area contributed by atoms with E-state index in [0.717, 1.165) is 0 Å². The Labute approximate surface area is 83.5 Å². The van der Waals surface area contributed by atoms with Crippen LogP contribution in [0.5, 0.6) is 0 Å². The van der Waals surface area contributed by atoms with Crippen molar-refractivity contribution in [3.05, 3.63) is 0 Å². The minimum atomic E-state index is -5.52. The maximum Gasteiger partial charge on any atom is 0.511 e. The highest BCUT2D eigenvalue weighted by Gasteiger charge is 2.54. The van der Waals surface area contributed by atoms with Gasteiger partial charge in [-0.05, 0) is 12.8 Å². The molecule has 15 heavy (non-hydrogen) atoms. The van der Waals surface area contributed by atoms with E-state index in [-0.39, 0.29) is 17.1 Å². The van der Waals surface area contributed by atoms with Gasteiger partial charge in [0, 0.05) is 6.04 Å². The molecule has 0 atom stereocenters. The zero-order valence-electron chi connectivity index (χ0n) is 7.36. The van der Waals surface area contributed by atoms with E-state index >= 15 is 0 Å². The summed E-state index contributed by atoms with van der Waals surface area (Å²) >= 11 is 0. The van der Waals surface area contributed by atoms with Crippen molar-refractivity contribution in [1.82, 2.24) is 4.31 Å². The van der Waals surface area contributed by atoms with Crippen molar-refractivity contribution in [1.29, 1.82) is 0 Å². The maximum atomic E-state index is 12.1. The largest absolute Gasteiger partial charge is 0.511 e. The number of sulfonamides is 1. The van der Waals surface area contributed by atoms with Gasteiger partial charge in [-0.1, -0.05) is 0 Å². The molecule has 0 unspecified atom stereocenters. The lowest BCUT2D eigenvalue weighted by molar-refractivity contribution is -0.137. The standard InChI is InChI=1S/C6H8F3NO4S/c7-6(8,9)15(13,14)10(3-5(11)12)4-1-2-4/h4H,1-3H2,(H,11,12). The molecule has 1 N–H and O–H groups in total. The monoisotopic (exact) mass is 247 g/mol. The average molecular weight is 247 g/mol. The third kappa shape index (κ3) is 2.59. The molecular formula is C6H8F3NO4S. The second-order valence-electron chi connectivity index (χ2n) is 3.12. The second kappa shape index (κ2) is 3.63. The summed E-state index contributed by atoms with van der Waals surface area (Å²) in [5.41, 5.74) is -5.44. The van der Waals surface area contributed by atoms with Crippen LogP contribution < -0.4 is 0 Å². The Morgan fingerprint density at radius 1 is 1.40 bits per heavy atom. The predicted octanol–water partition coefficient (Wildman–Crippen LogP) is 0.385. The van der Waals surface area contributed by atoms with Crippen LogP contribution in [0.1, 0.15) is 12.8 Å². The molecule has 0 aromatic rings. The highest BCUT2D eigenvalue weighted by atomic mass is 32.2. The molecular weight excluding hydrogens is 239 g/mol. The Kier molecular flexibility index (Phi) is 2.97. The number of rotatable bonds is 4. The molecule has 0 amide bonds. The highest BCUT2D eigenvalue weighted by molar-refractivity contribution is 7.90. The van der Waals surface area contributed by atoms with E-state index in [1.165, 1.54) is 0 Å². The fourth-order valence-electron chi connectivity index (χ4n) is 1.04. The van der Waals surface area contributed by atoms with Gasteiger partial charge in [-0.2, -0.15) is 17.5 Å². The van der Waals surface area contributed by atoms with Crippen molar-refractivity contribution < 1.29 is 31.5 Å². The molecule has 0 spiro atoms. The zero-order chi connectivity index (χ0) is 11.9. The van der Waals surface area contributed by atoms with Crippen LogP contribution >= 0.6 is 0 Å². The smallest absolute Gasteiger partial charge is 0.480 e. The Morgan fingerprint density at radius 2 is 1.87 bits per heavy atom. The van der Waals surface area contributed by atoms with Crippen LogP contribution in [0.2, 0.25) is 0 Å². The van der Waals surface area contributed by atoms with Gasteiger partial charge in [0.2, 0.25) is 0 Å². The van der Waals surface area contributed by atoms with Crippen LogP contribution in [0.3, 0.4) is 0 Å². The van der Waals surface area contributed by atoms with Crippen LogP contribution in [0, 0.1) is 0 Å². The molecule has 88 valence electrons. The Balaban J connectivity index is 2.94. The van der Waals surface area contributed by atoms with Gasteiger partial charge in [0.1, 0.15) is 6.54 Å². The van der Waals surface area contributed by atoms with Gasteiger partial charge in [-0.25, -0.2) is 8.42 Å². The first-order valence-electron chi connectivity index (χ1n) is 3.96. The minimum Gasteiger partial charge on any atom is -0.480 e. The first-order valence-corrected chi connectivity index (χ1v) is 5.40. The van der Waals surface area contributed by atoms with E-state index in [1.807, 2.05) is 0 Å². The number of alkyl halides is 3. The SMILES string of the molecule is O=C(O)CN(C1CC1)S(=O)(=O)C(F)(F)F. The molecule has 1 fully saturated rings. The van der Waals surface area contributed by atoms with E-state index < -0.39 is 34.1 Å². The number of carboxylic acid groups (broad SMARTS) is 1. The maximum absolute atomic E-state index is 12.1. The molecule has 0 bridgehead atoms. The first kappa shape index (κ1) is 12.2. The Hall–Kier alpha value is -0.830. The number of nitrogens with zero attached hydrogens (tertiary/aromatic N) is 1. The van der Waals surface area contributed by atoms with Crippen molar-refractivity contribution >= 4 is 16.0 Å². The fourth-order valence-corrected chi connectivity index (χ4v) is 2.19. The van der Waals surface area contributed by atoms with E-state index in [1.54, 1.807) is 0 Å². The van der Waals surface area contributed by atoms with Gasteiger partial charge in [0.15, 0.2) is 0 Å². The third-order valence-corrected chi connectivity index (χ3v) is 3.48. The van der Waals surface area contributed by atoms with E-state index in [2.05, 4.69) is 0 Å². The molecule has 9 heteroatoms. The van der Waals surface area contributed by atoms with Gasteiger partial charge in [0.05, 0.1) is 0 Å². The normalized spacial score (nSPS) is 18.1. The molecule has 0 aromatic heterocycles. The van der Waals surface area contributed by atoms with E-state index in [0.29, 0.717) is 0 Å². The number of carbonyl (C=O) groups is 1. The van der Waals surface area contributed by atoms with Gasteiger partial charge < -0.3 is 5.11 Å². The quantitative estimate of drug-likeness (QED) is 0.779. The summed E-state index contributed by atoms with van der Waals surface area (Å²) in [6.07, 6.45) is 0.533. The van der Waals surface area contributed by atoms with Crippen LogP contribution in [0.25, 0.3) is 0 Å². The molecule has 0 radical (unpaired) electrons. The lowest BCUT2D eigenvalue weighted by Crippen LogP contribution is -2.44. The van der Waals surface area contributed by atoms with Crippen molar-refractivity contribution in [2.24, 2.45) is 0 Å². The minimum absolute atomic E-state index is 0.00463. The summed E-state index contributed by atoms with van der Waals surface area (Å²) in [6, 6.07) is -0.826. The Bertz CT molecular complexity index is 359. The lowest BCUT2D eigenvalue weighted by Gasteiger charge is -2.20. The van der Waals surface area contributed by atoms with Gasteiger partial charge >= 0.3 is 21.5 Å². The van der Waals surface area contributed by atoms with Crippen LogP contribution in [0.4, 0.5) is 13.2 Å². The molecule has 1 saturated carbocycles. The summed E-state index contributed by atoms with van der Waals surface area (Å²) in [4.78, 5) is 10.2. The molecule has 5 nitrogen and oxygen atoms in total. The highest BCUT2D eigenvalue weighted by Crippen LogP contribution is 2.35. The Morgan fingerprint density at radius 3 is 2.13 bits per heavy atom. The molecule has 1 aliphatic rings. The van der Waals surface area contributed by atoms with Crippen molar-refractivity contribution in [2.45, 2.75) is 24.4 Å². The number of hydrogen-bond donors (Lipinski definition) is 1. The molecule has 1 aliphatic carbocycles. The molecule has 1 rings (SSSR count). The lowest BCUT2D eigenvalue weighted by atomic mass is 10.6. The fraction of sp³-hybridized carbons (Fsp3) is 0.833. The molecule has 0 aliphatic heterocycles. The van der Waals surface area contributed by atoms with Crippen LogP contribution in [-0.2, 0) is 14.8 Å². The van der Waals surface area contributed by atoms with Crippen LogP contribution in [-0.4, -0.2) is 41.9 Å². The summed E-state index contributed by atoms with van der Waals surface area (Å²) in [6.45, 7) is -1.15. The topological polar surface area (TPSA) is 74.7 Å². The average Bonchev–Trinajstić information content (AvgIpc) is 2.79. The van der Waals surface area contributed by atoms with Crippen molar-refractivity contribution in [3.8, 4) is 0 Å².